The molecule has 0 radical (unpaired) electrons. The molecule has 0 rings (SSSR count). The van der Waals surface area contributed by atoms with Crippen molar-refractivity contribution in [2.45, 2.75) is 90.1 Å². The maximum atomic E-state index is 10.7. The number of unbranched alkanes of at least 4 members (excludes halogenated alkanes) is 8. The molecule has 0 amide bonds. The number of hydrogen-bond acceptors (Lipinski definition) is 4. The van der Waals surface area contributed by atoms with Gasteiger partial charge in [0.15, 0.2) is 0 Å². The third kappa shape index (κ3) is 14.9. The number of rotatable bonds is 17. The summed E-state index contributed by atoms with van der Waals surface area (Å²) in [4.78, 5) is 15.3. The van der Waals surface area contributed by atoms with Gasteiger partial charge in [-0.3, -0.25) is 5.26 Å². The number of aliphatic carboxylic acids is 1. The molecule has 5 nitrogen and oxygen atoms in total. The van der Waals surface area contributed by atoms with Crippen LogP contribution in [0, 0.1) is 0 Å². The summed E-state index contributed by atoms with van der Waals surface area (Å²) in [5, 5.41) is 19.7. The van der Waals surface area contributed by atoms with Gasteiger partial charge in [0.05, 0.1) is 32.7 Å². The lowest BCUT2D eigenvalue weighted by Crippen LogP contribution is -2.48. The molecule has 0 aromatic heterocycles. The average Bonchev–Trinajstić information content (AvgIpc) is 2.50. The minimum Gasteiger partial charge on any atom is -0.544 e. The Labute approximate surface area is 148 Å². The van der Waals surface area contributed by atoms with Gasteiger partial charge in [-0.15, -0.1) is 0 Å². The quantitative estimate of drug-likeness (QED) is 0.190. The third-order valence-electron chi connectivity index (χ3n) is 4.63. The predicted molar refractivity (Wildman–Crippen MR) is 95.4 cm³/mol. The van der Waals surface area contributed by atoms with Gasteiger partial charge in [0.1, 0.15) is 6.54 Å². The second-order valence-corrected chi connectivity index (χ2v) is 7.68. The highest BCUT2D eigenvalue weighted by molar-refractivity contribution is 5.65. The SMILES string of the molecule is CCCCCCCCCCCC(CCC[N+](C)(C)CC(=O)[O-])OO. The number of nitrogens with zero attached hydrogens (tertiary/aromatic N) is 1. The maximum Gasteiger partial charge on any atom is 0.119 e. The molecule has 0 aliphatic rings. The average molecular weight is 346 g/mol. The lowest BCUT2D eigenvalue weighted by Gasteiger charge is -2.30. The minimum atomic E-state index is -1.02. The summed E-state index contributed by atoms with van der Waals surface area (Å²) in [5.74, 6) is -1.02. The molecule has 1 unspecified atom stereocenters. The Morgan fingerprint density at radius 2 is 1.46 bits per heavy atom. The molecule has 24 heavy (non-hydrogen) atoms. The van der Waals surface area contributed by atoms with Gasteiger partial charge >= 0.3 is 0 Å². The first-order chi connectivity index (χ1) is 11.4. The van der Waals surface area contributed by atoms with Crippen molar-refractivity contribution in [2.24, 2.45) is 0 Å². The van der Waals surface area contributed by atoms with E-state index in [1.807, 2.05) is 14.1 Å². The summed E-state index contributed by atoms with van der Waals surface area (Å²) >= 11 is 0. The third-order valence-corrected chi connectivity index (χ3v) is 4.63. The summed E-state index contributed by atoms with van der Waals surface area (Å²) in [7, 11) is 3.76. The van der Waals surface area contributed by atoms with Crippen molar-refractivity contribution < 1.29 is 24.5 Å². The van der Waals surface area contributed by atoms with E-state index in [2.05, 4.69) is 11.8 Å². The number of carboxylic acids is 1. The van der Waals surface area contributed by atoms with E-state index in [4.69, 9.17) is 5.26 Å². The molecular weight excluding hydrogens is 306 g/mol. The van der Waals surface area contributed by atoms with E-state index in [0.717, 1.165) is 32.2 Å². The molecule has 0 aliphatic heterocycles. The number of quaternary nitrogens is 1. The summed E-state index contributed by atoms with van der Waals surface area (Å²) < 4.78 is 0.401. The first-order valence-electron chi connectivity index (χ1n) is 9.73. The normalized spacial score (nSPS) is 13.2. The fourth-order valence-electron chi connectivity index (χ4n) is 3.11. The van der Waals surface area contributed by atoms with Gasteiger partial charge in [-0.05, 0) is 19.3 Å². The first kappa shape index (κ1) is 23.4. The first-order valence-corrected chi connectivity index (χ1v) is 9.73. The van der Waals surface area contributed by atoms with Crippen LogP contribution in [0.1, 0.15) is 84.0 Å². The van der Waals surface area contributed by atoms with E-state index in [-0.39, 0.29) is 12.6 Å². The highest BCUT2D eigenvalue weighted by atomic mass is 17.1. The lowest BCUT2D eigenvalue weighted by molar-refractivity contribution is -0.885. The van der Waals surface area contributed by atoms with Crippen molar-refractivity contribution in [3.63, 3.8) is 0 Å². The highest BCUT2D eigenvalue weighted by Crippen LogP contribution is 2.15. The number of likely N-dealkylation sites (N-methyl/N-ethyl adjacent to an activating group) is 1. The topological polar surface area (TPSA) is 69.6 Å². The Kier molecular flexibility index (Phi) is 14.3. The Morgan fingerprint density at radius 3 is 1.96 bits per heavy atom. The van der Waals surface area contributed by atoms with Gasteiger partial charge in [0.25, 0.3) is 0 Å². The van der Waals surface area contributed by atoms with Gasteiger partial charge in [0, 0.05) is 0 Å². The second-order valence-electron chi connectivity index (χ2n) is 7.68. The minimum absolute atomic E-state index is 0.0168. The Bertz CT molecular complexity index is 308. The number of hydrogen-bond donors (Lipinski definition) is 1. The summed E-state index contributed by atoms with van der Waals surface area (Å²) in [6.07, 6.45) is 13.9. The second kappa shape index (κ2) is 14.7. The van der Waals surface area contributed by atoms with Crippen LogP contribution in [0.4, 0.5) is 0 Å². The Hall–Kier alpha value is -0.650. The molecule has 0 aromatic carbocycles. The van der Waals surface area contributed by atoms with Crippen molar-refractivity contribution in [3.8, 4) is 0 Å². The van der Waals surface area contributed by atoms with E-state index in [9.17, 15) is 9.90 Å². The van der Waals surface area contributed by atoms with Crippen LogP contribution in [0.5, 0.6) is 0 Å². The van der Waals surface area contributed by atoms with Gasteiger partial charge in [0.2, 0.25) is 0 Å². The van der Waals surface area contributed by atoms with Crippen LogP contribution in [-0.2, 0) is 9.68 Å². The molecule has 0 saturated carbocycles. The predicted octanol–water partition coefficient (Wildman–Crippen LogP) is 3.37. The molecule has 0 saturated heterocycles. The van der Waals surface area contributed by atoms with E-state index in [1.165, 1.54) is 51.4 Å². The highest BCUT2D eigenvalue weighted by Gasteiger charge is 2.17. The van der Waals surface area contributed by atoms with E-state index < -0.39 is 5.97 Å². The summed E-state index contributed by atoms with van der Waals surface area (Å²) in [6, 6.07) is 0. The van der Waals surface area contributed by atoms with Gasteiger partial charge in [-0.2, -0.15) is 0 Å². The van der Waals surface area contributed by atoms with Crippen molar-refractivity contribution in [3.05, 3.63) is 0 Å². The van der Waals surface area contributed by atoms with Crippen LogP contribution < -0.4 is 5.11 Å². The molecule has 0 aliphatic carbocycles. The zero-order chi connectivity index (χ0) is 18.3. The fraction of sp³-hybridized carbons (Fsp3) is 0.947. The monoisotopic (exact) mass is 345 g/mol. The molecule has 0 spiro atoms. The molecule has 0 heterocycles. The maximum absolute atomic E-state index is 10.7. The van der Waals surface area contributed by atoms with Gasteiger partial charge in [-0.25, -0.2) is 4.89 Å². The zero-order valence-corrected chi connectivity index (χ0v) is 16.1. The van der Waals surface area contributed by atoms with Crippen LogP contribution >= 0.6 is 0 Å². The van der Waals surface area contributed by atoms with Gasteiger partial charge in [-0.1, -0.05) is 64.7 Å². The molecule has 0 bridgehead atoms. The molecule has 1 atom stereocenters. The van der Waals surface area contributed by atoms with Gasteiger partial charge < -0.3 is 14.4 Å². The van der Waals surface area contributed by atoms with Crippen LogP contribution in [0.2, 0.25) is 0 Å². The van der Waals surface area contributed by atoms with E-state index in [1.54, 1.807) is 0 Å². The van der Waals surface area contributed by atoms with Crippen LogP contribution in [0.3, 0.4) is 0 Å². The number of carbonyl (C=O) groups excluding carboxylic acids is 1. The van der Waals surface area contributed by atoms with E-state index in [0.29, 0.717) is 4.48 Å². The molecule has 5 heteroatoms. The molecule has 144 valence electrons. The van der Waals surface area contributed by atoms with Crippen molar-refractivity contribution in [2.75, 3.05) is 27.2 Å². The number of carbonyl (C=O) groups is 1. The Morgan fingerprint density at radius 1 is 0.958 bits per heavy atom. The van der Waals surface area contributed by atoms with Crippen molar-refractivity contribution in [1.82, 2.24) is 0 Å². The zero-order valence-electron chi connectivity index (χ0n) is 16.1. The van der Waals surface area contributed by atoms with Crippen molar-refractivity contribution in [1.29, 1.82) is 0 Å². The number of carboxylic acid groups (broad SMARTS) is 1. The molecular formula is C19H39NO4. The largest absolute Gasteiger partial charge is 0.544 e. The summed E-state index contributed by atoms with van der Waals surface area (Å²) in [5.41, 5.74) is 0. The molecule has 0 fully saturated rings. The lowest BCUT2D eigenvalue weighted by atomic mass is 10.0. The van der Waals surface area contributed by atoms with Crippen LogP contribution in [0.15, 0.2) is 0 Å². The Balaban J connectivity index is 3.61. The van der Waals surface area contributed by atoms with Crippen molar-refractivity contribution >= 4 is 5.97 Å². The summed E-state index contributed by atoms with van der Waals surface area (Å²) in [6.45, 7) is 3.00. The van der Waals surface area contributed by atoms with E-state index >= 15 is 0 Å². The molecule has 1 N–H and O–H groups in total. The smallest absolute Gasteiger partial charge is 0.119 e. The standard InChI is InChI=1S/C19H39NO4/c1-4-5-6-7-8-9-10-11-12-14-18(24-23)15-13-16-20(2,3)17-19(21)22/h18H,4-17H2,1-3H3,(H-,21,22,23). The fourth-order valence-corrected chi connectivity index (χ4v) is 3.11. The van der Waals surface area contributed by atoms with Crippen LogP contribution in [-0.4, -0.2) is 49.0 Å². The molecule has 0 aromatic rings. The van der Waals surface area contributed by atoms with Crippen LogP contribution in [0.25, 0.3) is 0 Å².